The minimum Gasteiger partial charge on any atom is -0.472 e. The smallest absolute Gasteiger partial charge is 0.312 e. The van der Waals surface area contributed by atoms with E-state index in [-0.39, 0.29) is 25.6 Å². The largest absolute Gasteiger partial charge is 0.472 e. The van der Waals surface area contributed by atoms with E-state index in [2.05, 4.69) is 0 Å². The van der Waals surface area contributed by atoms with Gasteiger partial charge < -0.3 is 24.1 Å². The number of furan rings is 1. The third-order valence-electron chi connectivity index (χ3n) is 5.29. The third kappa shape index (κ3) is 3.78. The number of benzene rings is 1. The lowest BCUT2D eigenvalue weighted by molar-refractivity contribution is -0.231. The first-order valence-electron chi connectivity index (χ1n) is 9.23. The fourth-order valence-electron chi connectivity index (χ4n) is 3.81. The number of aliphatic hydroxyl groups excluding tert-OH is 1. The Balaban J connectivity index is 1.96. The number of aliphatic hydroxyl groups is 2. The van der Waals surface area contributed by atoms with Crippen LogP contribution in [0.15, 0.2) is 53.3 Å². The number of hydrogen-bond acceptors (Lipinski definition) is 6. The van der Waals surface area contributed by atoms with E-state index in [4.69, 9.17) is 13.9 Å². The molecule has 146 valence electrons. The van der Waals surface area contributed by atoms with Crippen molar-refractivity contribution in [1.82, 2.24) is 0 Å². The van der Waals surface area contributed by atoms with E-state index >= 15 is 0 Å². The first-order valence-corrected chi connectivity index (χ1v) is 9.23. The molecule has 0 amide bonds. The van der Waals surface area contributed by atoms with E-state index < -0.39 is 29.7 Å². The summed E-state index contributed by atoms with van der Waals surface area (Å²) in [6.45, 7) is 3.97. The maximum absolute atomic E-state index is 12.6. The van der Waals surface area contributed by atoms with Crippen molar-refractivity contribution in [2.24, 2.45) is 11.8 Å². The molecule has 1 saturated carbocycles. The van der Waals surface area contributed by atoms with Gasteiger partial charge in [-0.05, 0) is 30.9 Å². The number of ether oxygens (including phenoxy) is 2. The summed E-state index contributed by atoms with van der Waals surface area (Å²) in [7, 11) is 0. The minimum atomic E-state index is -1.75. The van der Waals surface area contributed by atoms with Crippen LogP contribution in [0.25, 0.3) is 0 Å². The monoisotopic (exact) mass is 374 g/mol. The highest BCUT2D eigenvalue weighted by atomic mass is 16.5. The van der Waals surface area contributed by atoms with Crippen LogP contribution < -0.4 is 0 Å². The van der Waals surface area contributed by atoms with Gasteiger partial charge in [-0.15, -0.1) is 0 Å². The SMILES string of the molecule is CCOC(=O)[C@@H]1C[C@H](C)[C@H](O)[C@H](OCc2ccccc2)[C@@]1(O)c1ccoc1. The Morgan fingerprint density at radius 1 is 1.30 bits per heavy atom. The van der Waals surface area contributed by atoms with E-state index in [0.717, 1.165) is 5.56 Å². The van der Waals surface area contributed by atoms with Crippen molar-refractivity contribution in [1.29, 1.82) is 0 Å². The van der Waals surface area contributed by atoms with Gasteiger partial charge in [-0.3, -0.25) is 4.79 Å². The minimum absolute atomic E-state index is 0.199. The third-order valence-corrected chi connectivity index (χ3v) is 5.29. The molecular formula is C21H26O6. The van der Waals surface area contributed by atoms with E-state index in [1.54, 1.807) is 13.0 Å². The average molecular weight is 374 g/mol. The summed E-state index contributed by atoms with van der Waals surface area (Å²) in [6, 6.07) is 11.1. The quantitative estimate of drug-likeness (QED) is 0.756. The molecule has 0 unspecified atom stereocenters. The summed E-state index contributed by atoms with van der Waals surface area (Å²) in [5.41, 5.74) is -0.449. The highest BCUT2D eigenvalue weighted by molar-refractivity contribution is 5.75. The standard InChI is InChI=1S/C21H26O6/c1-3-26-20(23)17-11-14(2)18(22)19(21(17,24)16-9-10-25-13-16)27-12-15-7-5-4-6-8-15/h4-10,13-14,17-19,22,24H,3,11-12H2,1-2H3/t14-,17-,18-,19-,21+/m0/s1. The Hall–Kier alpha value is -2.15. The lowest BCUT2D eigenvalue weighted by Gasteiger charge is -2.48. The van der Waals surface area contributed by atoms with Gasteiger partial charge in [0.25, 0.3) is 0 Å². The van der Waals surface area contributed by atoms with Gasteiger partial charge in [0.15, 0.2) is 0 Å². The molecular weight excluding hydrogens is 348 g/mol. The van der Waals surface area contributed by atoms with Crippen LogP contribution in [0.3, 0.4) is 0 Å². The fourth-order valence-corrected chi connectivity index (χ4v) is 3.81. The second kappa shape index (κ2) is 8.25. The summed E-state index contributed by atoms with van der Waals surface area (Å²) in [4.78, 5) is 12.6. The summed E-state index contributed by atoms with van der Waals surface area (Å²) >= 11 is 0. The Morgan fingerprint density at radius 2 is 2.04 bits per heavy atom. The molecule has 0 radical (unpaired) electrons. The van der Waals surface area contributed by atoms with E-state index in [1.165, 1.54) is 12.5 Å². The topological polar surface area (TPSA) is 89.1 Å². The van der Waals surface area contributed by atoms with Crippen molar-refractivity contribution in [3.05, 3.63) is 60.1 Å². The number of hydrogen-bond donors (Lipinski definition) is 2. The number of rotatable bonds is 6. The molecule has 6 nitrogen and oxygen atoms in total. The Morgan fingerprint density at radius 3 is 2.67 bits per heavy atom. The van der Waals surface area contributed by atoms with Gasteiger partial charge in [0.05, 0.1) is 37.8 Å². The van der Waals surface area contributed by atoms with Gasteiger partial charge >= 0.3 is 5.97 Å². The number of esters is 1. The van der Waals surface area contributed by atoms with Crippen molar-refractivity contribution < 1.29 is 28.9 Å². The molecule has 0 saturated heterocycles. The Labute approximate surface area is 158 Å². The summed E-state index contributed by atoms with van der Waals surface area (Å²) in [6.07, 6.45) is 1.14. The van der Waals surface area contributed by atoms with Crippen molar-refractivity contribution >= 4 is 5.97 Å². The molecule has 2 aromatic rings. The van der Waals surface area contributed by atoms with Crippen molar-refractivity contribution in [3.63, 3.8) is 0 Å². The Bertz CT molecular complexity index is 728. The van der Waals surface area contributed by atoms with Gasteiger partial charge in [0, 0.05) is 5.56 Å². The van der Waals surface area contributed by atoms with Crippen LogP contribution in [0.4, 0.5) is 0 Å². The lowest BCUT2D eigenvalue weighted by Crippen LogP contribution is -2.61. The molecule has 1 aliphatic rings. The summed E-state index contributed by atoms with van der Waals surface area (Å²) in [5, 5.41) is 22.5. The molecule has 27 heavy (non-hydrogen) atoms. The molecule has 3 rings (SSSR count). The highest BCUT2D eigenvalue weighted by Gasteiger charge is 2.58. The Kier molecular flexibility index (Phi) is 5.99. The summed E-state index contributed by atoms with van der Waals surface area (Å²) < 4.78 is 16.3. The molecule has 1 aromatic carbocycles. The summed E-state index contributed by atoms with van der Waals surface area (Å²) in [5.74, 6) is -1.62. The van der Waals surface area contributed by atoms with Crippen molar-refractivity contribution in [2.75, 3.05) is 6.61 Å². The first kappa shape index (κ1) is 19.6. The van der Waals surface area contributed by atoms with Crippen molar-refractivity contribution in [3.8, 4) is 0 Å². The maximum Gasteiger partial charge on any atom is 0.312 e. The molecule has 1 fully saturated rings. The second-order valence-electron chi connectivity index (χ2n) is 7.06. The maximum atomic E-state index is 12.6. The zero-order valence-corrected chi connectivity index (χ0v) is 15.6. The molecule has 5 atom stereocenters. The molecule has 1 aliphatic carbocycles. The van der Waals surface area contributed by atoms with Crippen LogP contribution in [-0.2, 0) is 26.5 Å². The highest BCUT2D eigenvalue weighted by Crippen LogP contribution is 2.46. The molecule has 6 heteroatoms. The molecule has 0 bridgehead atoms. The van der Waals surface area contributed by atoms with E-state index in [9.17, 15) is 15.0 Å². The van der Waals surface area contributed by atoms with Gasteiger partial charge in [-0.25, -0.2) is 0 Å². The predicted octanol–water partition coefficient (Wildman–Crippen LogP) is 2.63. The van der Waals surface area contributed by atoms with Gasteiger partial charge in [0.1, 0.15) is 11.7 Å². The zero-order chi connectivity index (χ0) is 19.4. The van der Waals surface area contributed by atoms with E-state index in [1.807, 2.05) is 37.3 Å². The van der Waals surface area contributed by atoms with E-state index in [0.29, 0.717) is 5.56 Å². The van der Waals surface area contributed by atoms with Crippen molar-refractivity contribution in [2.45, 2.75) is 44.7 Å². The molecule has 0 spiro atoms. The molecule has 2 N–H and O–H groups in total. The normalized spacial score (nSPS) is 30.8. The van der Waals surface area contributed by atoms with Crippen LogP contribution >= 0.6 is 0 Å². The number of carbonyl (C=O) groups is 1. The van der Waals surface area contributed by atoms with Gasteiger partial charge in [-0.2, -0.15) is 0 Å². The number of carbonyl (C=O) groups excluding carboxylic acids is 1. The van der Waals surface area contributed by atoms with Gasteiger partial charge in [-0.1, -0.05) is 37.3 Å². The molecule has 1 heterocycles. The lowest BCUT2D eigenvalue weighted by atomic mass is 9.65. The molecule has 1 aromatic heterocycles. The average Bonchev–Trinajstić information content (AvgIpc) is 3.21. The zero-order valence-electron chi connectivity index (χ0n) is 15.6. The van der Waals surface area contributed by atoms with Crippen LogP contribution in [0.5, 0.6) is 0 Å². The van der Waals surface area contributed by atoms with Gasteiger partial charge in [0.2, 0.25) is 0 Å². The van der Waals surface area contributed by atoms with Crippen LogP contribution in [0.1, 0.15) is 31.4 Å². The van der Waals surface area contributed by atoms with Crippen LogP contribution in [0, 0.1) is 11.8 Å². The van der Waals surface area contributed by atoms with Crippen LogP contribution in [-0.4, -0.2) is 35.0 Å². The second-order valence-corrected chi connectivity index (χ2v) is 7.06. The first-order chi connectivity index (χ1) is 13.0. The van der Waals surface area contributed by atoms with Crippen LogP contribution in [0.2, 0.25) is 0 Å². The molecule has 0 aliphatic heterocycles. The fraction of sp³-hybridized carbons (Fsp3) is 0.476. The predicted molar refractivity (Wildman–Crippen MR) is 97.5 cm³/mol.